The van der Waals surface area contributed by atoms with Gasteiger partial charge >= 0.3 is 0 Å². The zero-order valence-electron chi connectivity index (χ0n) is 17.0. The first-order valence-electron chi connectivity index (χ1n) is 9.60. The first-order valence-corrected chi connectivity index (χ1v) is 10.5. The minimum atomic E-state index is -0.914. The summed E-state index contributed by atoms with van der Waals surface area (Å²) in [5.74, 6) is -0.880. The molecule has 4 aromatic rings. The number of anilines is 1. The van der Waals surface area contributed by atoms with Crippen LogP contribution in [0.1, 0.15) is 16.1 Å². The number of rotatable bonds is 7. The van der Waals surface area contributed by atoms with Crippen molar-refractivity contribution in [2.75, 3.05) is 12.4 Å². The summed E-state index contributed by atoms with van der Waals surface area (Å²) in [5.41, 5.74) is 2.23. The Balaban J connectivity index is 1.42. The van der Waals surface area contributed by atoms with Crippen molar-refractivity contribution in [1.82, 2.24) is 4.98 Å². The molecule has 1 heterocycles. The summed E-state index contributed by atoms with van der Waals surface area (Å²) >= 11 is 1.34. The van der Waals surface area contributed by atoms with Crippen LogP contribution >= 0.6 is 11.3 Å². The molecule has 4 rings (SSSR count). The fourth-order valence-electron chi connectivity index (χ4n) is 2.90. The number of thiazole rings is 1. The van der Waals surface area contributed by atoms with Crippen LogP contribution in [0.4, 0.5) is 14.5 Å². The Morgan fingerprint density at radius 1 is 1.00 bits per heavy atom. The maximum absolute atomic E-state index is 13.4. The molecule has 0 aliphatic rings. The van der Waals surface area contributed by atoms with Gasteiger partial charge in [0.15, 0.2) is 11.6 Å². The zero-order valence-corrected chi connectivity index (χ0v) is 17.8. The largest absolute Gasteiger partial charge is 0.497 e. The fraction of sp³-hybridized carbons (Fsp3) is 0.0833. The third kappa shape index (κ3) is 5.09. The van der Waals surface area contributed by atoms with Gasteiger partial charge in [-0.2, -0.15) is 0 Å². The van der Waals surface area contributed by atoms with E-state index in [1.54, 1.807) is 55.0 Å². The lowest BCUT2D eigenvalue weighted by Crippen LogP contribution is -2.12. The molecule has 0 fully saturated rings. The van der Waals surface area contributed by atoms with Crippen molar-refractivity contribution in [3.05, 3.63) is 95.0 Å². The maximum Gasteiger partial charge on any atom is 0.275 e. The van der Waals surface area contributed by atoms with Crippen LogP contribution < -0.4 is 14.8 Å². The van der Waals surface area contributed by atoms with Crippen molar-refractivity contribution in [2.45, 2.75) is 6.61 Å². The Morgan fingerprint density at radius 2 is 1.81 bits per heavy atom. The monoisotopic (exact) mass is 452 g/mol. The molecule has 0 aliphatic carbocycles. The van der Waals surface area contributed by atoms with E-state index in [0.717, 1.165) is 17.7 Å². The van der Waals surface area contributed by atoms with Gasteiger partial charge in [0.05, 0.1) is 7.11 Å². The van der Waals surface area contributed by atoms with E-state index >= 15 is 0 Å². The number of nitrogens with one attached hydrogen (secondary N) is 1. The molecule has 1 amide bonds. The normalized spacial score (nSPS) is 10.6. The van der Waals surface area contributed by atoms with Gasteiger partial charge in [0.1, 0.15) is 28.8 Å². The number of nitrogens with zero attached hydrogens (tertiary/aromatic N) is 1. The number of aromatic nitrogens is 1. The number of carbonyl (C=O) groups is 1. The molecule has 8 heteroatoms. The molecule has 0 spiro atoms. The van der Waals surface area contributed by atoms with Crippen LogP contribution in [0.2, 0.25) is 0 Å². The average Bonchev–Trinajstić information content (AvgIpc) is 3.31. The zero-order chi connectivity index (χ0) is 22.5. The highest BCUT2D eigenvalue weighted by Crippen LogP contribution is 2.28. The highest BCUT2D eigenvalue weighted by molar-refractivity contribution is 7.13. The van der Waals surface area contributed by atoms with Crippen molar-refractivity contribution in [1.29, 1.82) is 0 Å². The first kappa shape index (κ1) is 21.5. The summed E-state index contributed by atoms with van der Waals surface area (Å²) in [6.07, 6.45) is 0. The topological polar surface area (TPSA) is 60.5 Å². The second-order valence-electron chi connectivity index (χ2n) is 6.79. The highest BCUT2D eigenvalue weighted by Gasteiger charge is 2.13. The Morgan fingerprint density at radius 3 is 2.56 bits per heavy atom. The Labute approximate surface area is 187 Å². The van der Waals surface area contributed by atoms with E-state index in [2.05, 4.69) is 10.3 Å². The molecule has 0 saturated carbocycles. The minimum Gasteiger partial charge on any atom is -0.497 e. The van der Waals surface area contributed by atoms with Crippen molar-refractivity contribution in [3.63, 3.8) is 0 Å². The van der Waals surface area contributed by atoms with E-state index in [0.29, 0.717) is 33.5 Å². The number of hydrogen-bond donors (Lipinski definition) is 1. The predicted octanol–water partition coefficient (Wildman–Crippen LogP) is 5.93. The van der Waals surface area contributed by atoms with Crippen LogP contribution in [0.15, 0.2) is 72.1 Å². The van der Waals surface area contributed by atoms with Crippen LogP contribution in [0.25, 0.3) is 10.6 Å². The van der Waals surface area contributed by atoms with Crippen LogP contribution in [-0.2, 0) is 6.61 Å². The van der Waals surface area contributed by atoms with Gasteiger partial charge < -0.3 is 14.8 Å². The maximum atomic E-state index is 13.4. The minimum absolute atomic E-state index is 0.0913. The molecule has 0 aliphatic heterocycles. The molecule has 1 N–H and O–H groups in total. The average molecular weight is 452 g/mol. The number of hydrogen-bond acceptors (Lipinski definition) is 5. The summed E-state index contributed by atoms with van der Waals surface area (Å²) in [6, 6.07) is 17.8. The van der Waals surface area contributed by atoms with E-state index in [-0.39, 0.29) is 12.5 Å². The van der Waals surface area contributed by atoms with Crippen LogP contribution in [0, 0.1) is 11.6 Å². The lowest BCUT2D eigenvalue weighted by Gasteiger charge is -2.08. The molecule has 0 saturated heterocycles. The second-order valence-corrected chi connectivity index (χ2v) is 7.64. The van der Waals surface area contributed by atoms with E-state index in [9.17, 15) is 13.6 Å². The highest BCUT2D eigenvalue weighted by atomic mass is 32.1. The van der Waals surface area contributed by atoms with E-state index in [4.69, 9.17) is 9.47 Å². The van der Waals surface area contributed by atoms with Crippen molar-refractivity contribution >= 4 is 22.9 Å². The summed E-state index contributed by atoms with van der Waals surface area (Å²) in [6.45, 7) is 0.0913. The number of ether oxygens (including phenoxy) is 2. The summed E-state index contributed by atoms with van der Waals surface area (Å²) in [7, 11) is 1.58. The van der Waals surface area contributed by atoms with Crippen molar-refractivity contribution in [2.24, 2.45) is 0 Å². The van der Waals surface area contributed by atoms with Crippen molar-refractivity contribution in [3.8, 4) is 22.1 Å². The molecule has 1 aromatic heterocycles. The van der Waals surface area contributed by atoms with Crippen LogP contribution in [-0.4, -0.2) is 18.0 Å². The number of benzene rings is 3. The first-order chi connectivity index (χ1) is 15.5. The second kappa shape index (κ2) is 9.57. The van der Waals surface area contributed by atoms with E-state index < -0.39 is 11.6 Å². The van der Waals surface area contributed by atoms with Gasteiger partial charge in [-0.1, -0.05) is 18.2 Å². The van der Waals surface area contributed by atoms with Gasteiger partial charge in [-0.05, 0) is 54.1 Å². The number of amides is 1. The van der Waals surface area contributed by atoms with Crippen molar-refractivity contribution < 1.29 is 23.0 Å². The van der Waals surface area contributed by atoms with E-state index in [1.165, 1.54) is 17.4 Å². The Kier molecular flexibility index (Phi) is 6.42. The fourth-order valence-corrected chi connectivity index (χ4v) is 3.69. The number of carbonyl (C=O) groups excluding carboxylic acids is 1. The van der Waals surface area contributed by atoms with Gasteiger partial charge in [-0.3, -0.25) is 4.79 Å². The summed E-state index contributed by atoms with van der Waals surface area (Å²) in [4.78, 5) is 16.9. The summed E-state index contributed by atoms with van der Waals surface area (Å²) in [5, 5.41) is 5.14. The van der Waals surface area contributed by atoms with Crippen LogP contribution in [0.3, 0.4) is 0 Å². The molecule has 5 nitrogen and oxygen atoms in total. The molecule has 0 bridgehead atoms. The third-order valence-corrected chi connectivity index (χ3v) is 5.45. The molecule has 3 aromatic carbocycles. The Hall–Kier alpha value is -3.78. The van der Waals surface area contributed by atoms with Crippen LogP contribution in [0.5, 0.6) is 11.5 Å². The molecular formula is C24H18F2N2O3S. The molecule has 0 radical (unpaired) electrons. The number of halogens is 2. The number of methoxy groups -OCH3 is 1. The standard InChI is InChI=1S/C24H18F2N2O3S/c1-30-18-8-6-17(7-9-18)27-23(29)22-14-32-24(28-22)16-3-2-4-19(12-16)31-13-15-5-10-20(25)21(26)11-15/h2-12,14H,13H2,1H3,(H,27,29). The smallest absolute Gasteiger partial charge is 0.275 e. The van der Waals surface area contributed by atoms with Gasteiger partial charge in [-0.15, -0.1) is 11.3 Å². The quantitative estimate of drug-likeness (QED) is 0.378. The lowest BCUT2D eigenvalue weighted by atomic mass is 10.2. The molecule has 32 heavy (non-hydrogen) atoms. The van der Waals surface area contributed by atoms with E-state index in [1.807, 2.05) is 6.07 Å². The van der Waals surface area contributed by atoms with Gasteiger partial charge in [0.2, 0.25) is 0 Å². The lowest BCUT2D eigenvalue weighted by molar-refractivity contribution is 0.102. The van der Waals surface area contributed by atoms with Gasteiger partial charge in [-0.25, -0.2) is 13.8 Å². The summed E-state index contributed by atoms with van der Waals surface area (Å²) < 4.78 is 37.2. The molecule has 0 atom stereocenters. The molecule has 162 valence electrons. The molecular weight excluding hydrogens is 434 g/mol. The Bertz CT molecular complexity index is 1240. The SMILES string of the molecule is COc1ccc(NC(=O)c2csc(-c3cccc(OCc4ccc(F)c(F)c4)c3)n2)cc1. The third-order valence-electron chi connectivity index (χ3n) is 4.56. The predicted molar refractivity (Wildman–Crippen MR) is 119 cm³/mol. The molecule has 0 unspecified atom stereocenters. The van der Waals surface area contributed by atoms with Gasteiger partial charge in [0, 0.05) is 16.6 Å². The van der Waals surface area contributed by atoms with Gasteiger partial charge in [0.25, 0.3) is 5.91 Å².